The molecule has 1 aromatic heterocycles. The van der Waals surface area contributed by atoms with E-state index in [9.17, 15) is 4.79 Å². The number of likely N-dealkylation sites (tertiary alicyclic amines) is 1. The third kappa shape index (κ3) is 4.81. The number of aromatic nitrogens is 1. The summed E-state index contributed by atoms with van der Waals surface area (Å²) >= 11 is 0. The standard InChI is InChI=1S/C29H29N3O/c1-21-7-4-9-24(19-21)26-12-2-3-13-27(26)31-29(33)23-14-17-32(18-15-23)20-25-10-5-8-22-11-6-16-30-28(22)25/h2-13,16,19,23H,14-15,17-18,20H2,1H3,(H,31,33). The first-order valence-electron chi connectivity index (χ1n) is 11.7. The van der Waals surface area contributed by atoms with E-state index in [1.807, 2.05) is 30.5 Å². The first kappa shape index (κ1) is 21.4. The Hall–Kier alpha value is -3.50. The minimum Gasteiger partial charge on any atom is -0.325 e. The zero-order valence-corrected chi connectivity index (χ0v) is 19.0. The second kappa shape index (κ2) is 9.55. The molecule has 2 heterocycles. The molecule has 0 unspecified atom stereocenters. The van der Waals surface area contributed by atoms with Crippen LogP contribution in [0.5, 0.6) is 0 Å². The molecule has 0 aliphatic carbocycles. The van der Waals surface area contributed by atoms with Crippen LogP contribution in [0.2, 0.25) is 0 Å². The van der Waals surface area contributed by atoms with Crippen LogP contribution in [0.3, 0.4) is 0 Å². The number of piperidine rings is 1. The van der Waals surface area contributed by atoms with Gasteiger partial charge in [-0.15, -0.1) is 0 Å². The van der Waals surface area contributed by atoms with Gasteiger partial charge in [-0.05, 0) is 56.1 Å². The van der Waals surface area contributed by atoms with Crippen LogP contribution in [0.15, 0.2) is 85.1 Å². The second-order valence-corrected chi connectivity index (χ2v) is 8.95. The van der Waals surface area contributed by atoms with Crippen molar-refractivity contribution in [3.63, 3.8) is 0 Å². The lowest BCUT2D eigenvalue weighted by molar-refractivity contribution is -0.121. The summed E-state index contributed by atoms with van der Waals surface area (Å²) in [7, 11) is 0. The van der Waals surface area contributed by atoms with Crippen LogP contribution in [0.1, 0.15) is 24.0 Å². The molecular weight excluding hydrogens is 406 g/mol. The lowest BCUT2D eigenvalue weighted by atomic mass is 9.94. The number of benzene rings is 3. The molecule has 1 aliphatic rings. The van der Waals surface area contributed by atoms with E-state index < -0.39 is 0 Å². The molecule has 1 fully saturated rings. The maximum atomic E-state index is 13.1. The molecule has 4 heteroatoms. The fourth-order valence-corrected chi connectivity index (χ4v) is 4.78. The fraction of sp³-hybridized carbons (Fsp3) is 0.241. The van der Waals surface area contributed by atoms with Crippen molar-refractivity contribution >= 4 is 22.5 Å². The Kier molecular flexibility index (Phi) is 6.18. The average Bonchev–Trinajstić information content (AvgIpc) is 2.85. The highest BCUT2D eigenvalue weighted by molar-refractivity contribution is 5.96. The van der Waals surface area contributed by atoms with Gasteiger partial charge in [0, 0.05) is 35.3 Å². The fourth-order valence-electron chi connectivity index (χ4n) is 4.78. The third-order valence-corrected chi connectivity index (χ3v) is 6.58. The number of nitrogens with one attached hydrogen (secondary N) is 1. The highest BCUT2D eigenvalue weighted by Gasteiger charge is 2.26. The van der Waals surface area contributed by atoms with Crippen molar-refractivity contribution in [1.82, 2.24) is 9.88 Å². The van der Waals surface area contributed by atoms with Crippen molar-refractivity contribution in [2.75, 3.05) is 18.4 Å². The van der Waals surface area contributed by atoms with Crippen LogP contribution < -0.4 is 5.32 Å². The van der Waals surface area contributed by atoms with Gasteiger partial charge in [-0.3, -0.25) is 14.7 Å². The molecule has 1 amide bonds. The Morgan fingerprint density at radius 1 is 0.970 bits per heavy atom. The molecule has 3 aromatic carbocycles. The predicted molar refractivity (Wildman–Crippen MR) is 135 cm³/mol. The van der Waals surface area contributed by atoms with Crippen molar-refractivity contribution < 1.29 is 4.79 Å². The van der Waals surface area contributed by atoms with Gasteiger partial charge in [0.05, 0.1) is 5.52 Å². The average molecular weight is 436 g/mol. The maximum Gasteiger partial charge on any atom is 0.227 e. The summed E-state index contributed by atoms with van der Waals surface area (Å²) in [4.78, 5) is 20.1. The Labute approximate surface area is 195 Å². The van der Waals surface area contributed by atoms with E-state index in [1.165, 1.54) is 16.5 Å². The minimum absolute atomic E-state index is 0.0393. The smallest absolute Gasteiger partial charge is 0.227 e. The summed E-state index contributed by atoms with van der Waals surface area (Å²) in [5.41, 5.74) is 6.62. The summed E-state index contributed by atoms with van der Waals surface area (Å²) in [6.07, 6.45) is 3.60. The van der Waals surface area contributed by atoms with Gasteiger partial charge < -0.3 is 5.32 Å². The van der Waals surface area contributed by atoms with E-state index >= 15 is 0 Å². The van der Waals surface area contributed by atoms with Gasteiger partial charge in [-0.2, -0.15) is 0 Å². The number of para-hydroxylation sites is 2. The Morgan fingerprint density at radius 3 is 2.61 bits per heavy atom. The lowest BCUT2D eigenvalue weighted by Gasteiger charge is -2.31. The number of aryl methyl sites for hydroxylation is 1. The molecule has 0 saturated carbocycles. The van der Waals surface area contributed by atoms with E-state index in [2.05, 4.69) is 76.7 Å². The topological polar surface area (TPSA) is 45.2 Å². The molecule has 0 bridgehead atoms. The highest BCUT2D eigenvalue weighted by atomic mass is 16.1. The van der Waals surface area contributed by atoms with Crippen LogP contribution in [-0.2, 0) is 11.3 Å². The molecule has 1 saturated heterocycles. The molecule has 0 atom stereocenters. The Balaban J connectivity index is 1.23. The quantitative estimate of drug-likeness (QED) is 0.414. The number of hydrogen-bond acceptors (Lipinski definition) is 3. The summed E-state index contributed by atoms with van der Waals surface area (Å²) < 4.78 is 0. The largest absolute Gasteiger partial charge is 0.325 e. The third-order valence-electron chi connectivity index (χ3n) is 6.58. The molecule has 4 aromatic rings. The summed E-state index contributed by atoms with van der Waals surface area (Å²) in [6, 6.07) is 26.9. The first-order chi connectivity index (χ1) is 16.2. The van der Waals surface area contributed by atoms with E-state index in [0.29, 0.717) is 0 Å². The number of carbonyl (C=O) groups excluding carboxylic acids is 1. The van der Waals surface area contributed by atoms with Crippen molar-refractivity contribution in [3.05, 3.63) is 96.2 Å². The molecule has 0 spiro atoms. The monoisotopic (exact) mass is 435 g/mol. The summed E-state index contributed by atoms with van der Waals surface area (Å²) in [5.74, 6) is 0.166. The number of amides is 1. The maximum absolute atomic E-state index is 13.1. The van der Waals surface area contributed by atoms with E-state index in [0.717, 1.165) is 54.8 Å². The molecule has 5 rings (SSSR count). The van der Waals surface area contributed by atoms with E-state index in [-0.39, 0.29) is 11.8 Å². The number of carbonyl (C=O) groups is 1. The summed E-state index contributed by atoms with van der Waals surface area (Å²) in [5, 5.41) is 4.40. The van der Waals surface area contributed by atoms with Gasteiger partial charge in [0.15, 0.2) is 0 Å². The van der Waals surface area contributed by atoms with Gasteiger partial charge in [0.25, 0.3) is 0 Å². The number of rotatable bonds is 5. The normalized spacial score (nSPS) is 14.9. The van der Waals surface area contributed by atoms with Gasteiger partial charge in [-0.1, -0.05) is 72.3 Å². The number of pyridine rings is 1. The van der Waals surface area contributed by atoms with Gasteiger partial charge in [0.2, 0.25) is 5.91 Å². The van der Waals surface area contributed by atoms with Crippen molar-refractivity contribution in [1.29, 1.82) is 0 Å². The van der Waals surface area contributed by atoms with Crippen LogP contribution >= 0.6 is 0 Å². The number of nitrogens with zero attached hydrogens (tertiary/aromatic N) is 2. The van der Waals surface area contributed by atoms with Crippen molar-refractivity contribution in [2.24, 2.45) is 5.92 Å². The van der Waals surface area contributed by atoms with E-state index in [4.69, 9.17) is 0 Å². The predicted octanol–water partition coefficient (Wildman–Crippen LogP) is 6.06. The lowest BCUT2D eigenvalue weighted by Crippen LogP contribution is -2.37. The van der Waals surface area contributed by atoms with Gasteiger partial charge >= 0.3 is 0 Å². The second-order valence-electron chi connectivity index (χ2n) is 8.95. The van der Waals surface area contributed by atoms with Crippen molar-refractivity contribution in [3.8, 4) is 11.1 Å². The zero-order valence-electron chi connectivity index (χ0n) is 19.0. The number of fused-ring (bicyclic) bond motifs is 1. The van der Waals surface area contributed by atoms with Crippen LogP contribution in [0.4, 0.5) is 5.69 Å². The molecular formula is C29H29N3O. The van der Waals surface area contributed by atoms with Crippen LogP contribution in [-0.4, -0.2) is 28.9 Å². The molecule has 166 valence electrons. The minimum atomic E-state index is 0.0393. The molecule has 33 heavy (non-hydrogen) atoms. The molecule has 0 radical (unpaired) electrons. The number of anilines is 1. The van der Waals surface area contributed by atoms with Crippen LogP contribution in [0.25, 0.3) is 22.0 Å². The molecule has 1 aliphatic heterocycles. The molecule has 4 nitrogen and oxygen atoms in total. The van der Waals surface area contributed by atoms with Gasteiger partial charge in [-0.25, -0.2) is 0 Å². The van der Waals surface area contributed by atoms with Gasteiger partial charge in [0.1, 0.15) is 0 Å². The van der Waals surface area contributed by atoms with E-state index in [1.54, 1.807) is 0 Å². The SMILES string of the molecule is Cc1cccc(-c2ccccc2NC(=O)C2CCN(Cc3cccc4cccnc34)CC2)c1. The first-order valence-corrected chi connectivity index (χ1v) is 11.7. The Morgan fingerprint density at radius 2 is 1.76 bits per heavy atom. The zero-order chi connectivity index (χ0) is 22.6. The Bertz CT molecular complexity index is 1270. The summed E-state index contributed by atoms with van der Waals surface area (Å²) in [6.45, 7) is 4.80. The highest BCUT2D eigenvalue weighted by Crippen LogP contribution is 2.30. The number of hydrogen-bond donors (Lipinski definition) is 1. The molecule has 1 N–H and O–H groups in total. The van der Waals surface area contributed by atoms with Crippen molar-refractivity contribution in [2.45, 2.75) is 26.3 Å². The van der Waals surface area contributed by atoms with Crippen LogP contribution in [0, 0.1) is 12.8 Å².